The lowest BCUT2D eigenvalue weighted by atomic mass is 10.1. The summed E-state index contributed by atoms with van der Waals surface area (Å²) >= 11 is 0. The van der Waals surface area contributed by atoms with Gasteiger partial charge in [-0.25, -0.2) is 4.79 Å². The number of halogens is 3. The average molecular weight is 183 g/mol. The molecule has 0 aliphatic heterocycles. The summed E-state index contributed by atoms with van der Waals surface area (Å²) in [5.74, 6) is -1.63. The lowest BCUT2D eigenvalue weighted by Gasteiger charge is -2.09. The number of alkyl halides is 3. The molecule has 0 radical (unpaired) electrons. The minimum Gasteiger partial charge on any atom is -0.478 e. The van der Waals surface area contributed by atoms with Crippen molar-refractivity contribution in [2.24, 2.45) is 5.73 Å². The Kier molecular flexibility index (Phi) is 3.12. The topological polar surface area (TPSA) is 63.3 Å². The van der Waals surface area contributed by atoms with Crippen LogP contribution in [0.15, 0.2) is 11.3 Å². The molecule has 0 rings (SSSR count). The molecule has 3 nitrogen and oxygen atoms in total. The highest BCUT2D eigenvalue weighted by Crippen LogP contribution is 2.25. The van der Waals surface area contributed by atoms with E-state index in [1.54, 1.807) is 0 Å². The highest BCUT2D eigenvalue weighted by molar-refractivity contribution is 5.87. The Labute approximate surface area is 66.7 Å². The van der Waals surface area contributed by atoms with Gasteiger partial charge in [-0.1, -0.05) is 6.92 Å². The third-order valence-corrected chi connectivity index (χ3v) is 1.24. The predicted molar refractivity (Wildman–Crippen MR) is 35.2 cm³/mol. The quantitative estimate of drug-likeness (QED) is 0.633. The Morgan fingerprint density at radius 2 is 1.92 bits per heavy atom. The van der Waals surface area contributed by atoms with Crippen LogP contribution < -0.4 is 5.73 Å². The maximum absolute atomic E-state index is 11.8. The molecule has 0 spiro atoms. The Morgan fingerprint density at radius 1 is 1.50 bits per heavy atom. The second kappa shape index (κ2) is 3.46. The highest BCUT2D eigenvalue weighted by atomic mass is 19.4. The SMILES string of the molecule is CC/C(C(=O)O)=C(/N)C(F)(F)F. The summed E-state index contributed by atoms with van der Waals surface area (Å²) in [6.07, 6.45) is -5.01. The Morgan fingerprint density at radius 3 is 2.00 bits per heavy atom. The molecular formula is C6H8F3NO2. The molecule has 0 aromatic heterocycles. The maximum Gasteiger partial charge on any atom is 0.431 e. The van der Waals surface area contributed by atoms with Gasteiger partial charge in [0.25, 0.3) is 0 Å². The summed E-state index contributed by atoms with van der Waals surface area (Å²) in [6, 6.07) is 0. The molecule has 0 atom stereocenters. The van der Waals surface area contributed by atoms with Crippen LogP contribution in [0.3, 0.4) is 0 Å². The van der Waals surface area contributed by atoms with Gasteiger partial charge in [0.15, 0.2) is 0 Å². The van der Waals surface area contributed by atoms with Crippen LogP contribution in [0, 0.1) is 0 Å². The molecule has 0 heterocycles. The standard InChI is InChI=1S/C6H8F3NO2/c1-2-3(5(11)12)4(10)6(7,8)9/h2,10H2,1H3,(H,11,12)/b4-3-. The van der Waals surface area contributed by atoms with Crippen molar-refractivity contribution < 1.29 is 23.1 Å². The molecule has 3 N–H and O–H groups in total. The maximum atomic E-state index is 11.8. The van der Waals surface area contributed by atoms with E-state index in [-0.39, 0.29) is 6.42 Å². The zero-order valence-electron chi connectivity index (χ0n) is 6.27. The zero-order chi connectivity index (χ0) is 9.94. The third kappa shape index (κ3) is 2.44. The van der Waals surface area contributed by atoms with E-state index < -0.39 is 23.4 Å². The minimum absolute atomic E-state index is 0.249. The lowest BCUT2D eigenvalue weighted by molar-refractivity contribution is -0.134. The number of carboxylic acids is 1. The molecular weight excluding hydrogens is 175 g/mol. The molecule has 6 heteroatoms. The first-order chi connectivity index (χ1) is 5.30. The van der Waals surface area contributed by atoms with Crippen LogP contribution in [0.2, 0.25) is 0 Å². The van der Waals surface area contributed by atoms with E-state index in [9.17, 15) is 18.0 Å². The van der Waals surface area contributed by atoms with Gasteiger partial charge in [-0.3, -0.25) is 0 Å². The fourth-order valence-electron chi connectivity index (χ4n) is 0.628. The van der Waals surface area contributed by atoms with Gasteiger partial charge in [0, 0.05) is 0 Å². The first-order valence-electron chi connectivity index (χ1n) is 3.09. The van der Waals surface area contributed by atoms with Gasteiger partial charge in [-0.15, -0.1) is 0 Å². The Bertz CT molecular complexity index is 219. The van der Waals surface area contributed by atoms with E-state index >= 15 is 0 Å². The van der Waals surface area contributed by atoms with E-state index in [0.29, 0.717) is 0 Å². The Hall–Kier alpha value is -1.20. The highest BCUT2D eigenvalue weighted by Gasteiger charge is 2.35. The molecule has 0 unspecified atom stereocenters. The van der Waals surface area contributed by atoms with Gasteiger partial charge in [-0.2, -0.15) is 13.2 Å². The number of allylic oxidation sites excluding steroid dienone is 1. The molecule has 12 heavy (non-hydrogen) atoms. The normalized spacial score (nSPS) is 14.0. The molecule has 0 aromatic carbocycles. The number of carbonyl (C=O) groups is 1. The monoisotopic (exact) mass is 183 g/mol. The van der Waals surface area contributed by atoms with Gasteiger partial charge < -0.3 is 10.8 Å². The predicted octanol–water partition coefficient (Wildman–Crippen LogP) is 1.26. The van der Waals surface area contributed by atoms with Crippen LogP contribution >= 0.6 is 0 Å². The van der Waals surface area contributed by atoms with Crippen molar-refractivity contribution in [1.29, 1.82) is 0 Å². The molecule has 0 aromatic rings. The second-order valence-electron chi connectivity index (χ2n) is 2.05. The molecule has 0 fully saturated rings. The summed E-state index contributed by atoms with van der Waals surface area (Å²) in [5, 5.41) is 8.27. The van der Waals surface area contributed by atoms with E-state index in [4.69, 9.17) is 5.11 Å². The van der Waals surface area contributed by atoms with Crippen LogP contribution in [0.1, 0.15) is 13.3 Å². The number of hydrogen-bond donors (Lipinski definition) is 2. The second-order valence-corrected chi connectivity index (χ2v) is 2.05. The zero-order valence-corrected chi connectivity index (χ0v) is 6.27. The van der Waals surface area contributed by atoms with Gasteiger partial charge >= 0.3 is 12.1 Å². The van der Waals surface area contributed by atoms with Crippen LogP contribution in [0.25, 0.3) is 0 Å². The summed E-state index contributed by atoms with van der Waals surface area (Å²) in [5.41, 5.74) is 2.25. The van der Waals surface area contributed by atoms with Crippen LogP contribution in [0.5, 0.6) is 0 Å². The first-order valence-corrected chi connectivity index (χ1v) is 3.09. The third-order valence-electron chi connectivity index (χ3n) is 1.24. The molecule has 0 aliphatic rings. The van der Waals surface area contributed by atoms with Crippen molar-refractivity contribution in [2.75, 3.05) is 0 Å². The van der Waals surface area contributed by atoms with Crippen molar-refractivity contribution in [3.63, 3.8) is 0 Å². The first kappa shape index (κ1) is 10.8. The largest absolute Gasteiger partial charge is 0.478 e. The van der Waals surface area contributed by atoms with Crippen LogP contribution in [-0.4, -0.2) is 17.3 Å². The van der Waals surface area contributed by atoms with E-state index in [0.717, 1.165) is 0 Å². The summed E-state index contributed by atoms with van der Waals surface area (Å²) in [6.45, 7) is 1.29. The number of aliphatic carboxylic acids is 1. The molecule has 0 saturated heterocycles. The molecule has 70 valence electrons. The van der Waals surface area contributed by atoms with Crippen LogP contribution in [-0.2, 0) is 4.79 Å². The van der Waals surface area contributed by atoms with E-state index in [2.05, 4.69) is 5.73 Å². The number of hydrogen-bond acceptors (Lipinski definition) is 2. The minimum atomic E-state index is -4.76. The summed E-state index contributed by atoms with van der Waals surface area (Å²) in [4.78, 5) is 10.2. The van der Waals surface area contributed by atoms with Crippen molar-refractivity contribution >= 4 is 5.97 Å². The average Bonchev–Trinajstić information content (AvgIpc) is 1.86. The molecule has 0 bridgehead atoms. The van der Waals surface area contributed by atoms with Crippen molar-refractivity contribution in [2.45, 2.75) is 19.5 Å². The van der Waals surface area contributed by atoms with Crippen molar-refractivity contribution in [1.82, 2.24) is 0 Å². The fraction of sp³-hybridized carbons (Fsp3) is 0.500. The lowest BCUT2D eigenvalue weighted by Crippen LogP contribution is -2.24. The number of nitrogens with two attached hydrogens (primary N) is 1. The van der Waals surface area contributed by atoms with Gasteiger partial charge in [0.05, 0.1) is 5.57 Å². The molecule has 0 amide bonds. The van der Waals surface area contributed by atoms with Crippen LogP contribution in [0.4, 0.5) is 13.2 Å². The fourth-order valence-corrected chi connectivity index (χ4v) is 0.628. The van der Waals surface area contributed by atoms with Gasteiger partial charge in [0.2, 0.25) is 0 Å². The molecule has 0 saturated carbocycles. The van der Waals surface area contributed by atoms with E-state index in [1.807, 2.05) is 0 Å². The Balaban J connectivity index is 4.99. The summed E-state index contributed by atoms with van der Waals surface area (Å²) < 4.78 is 35.4. The van der Waals surface area contributed by atoms with Gasteiger partial charge in [0.1, 0.15) is 5.70 Å². The number of rotatable bonds is 2. The summed E-state index contributed by atoms with van der Waals surface area (Å²) in [7, 11) is 0. The molecule has 0 aliphatic carbocycles. The van der Waals surface area contributed by atoms with Gasteiger partial charge in [-0.05, 0) is 6.42 Å². The van der Waals surface area contributed by atoms with E-state index in [1.165, 1.54) is 6.92 Å². The van der Waals surface area contributed by atoms with Crippen molar-refractivity contribution in [3.8, 4) is 0 Å². The van der Waals surface area contributed by atoms with Crippen molar-refractivity contribution in [3.05, 3.63) is 11.3 Å². The number of carboxylic acid groups (broad SMARTS) is 1. The smallest absolute Gasteiger partial charge is 0.431 e.